The van der Waals surface area contributed by atoms with Crippen molar-refractivity contribution in [2.45, 2.75) is 103 Å². The van der Waals surface area contributed by atoms with E-state index in [0.29, 0.717) is 50.8 Å². The summed E-state index contributed by atoms with van der Waals surface area (Å²) in [6, 6.07) is 8.02. The molecule has 2 heterocycles. The van der Waals surface area contributed by atoms with Gasteiger partial charge in [-0.15, -0.1) is 0 Å². The largest absolute Gasteiger partial charge is 0.464 e. The zero-order chi connectivity index (χ0) is 42.1. The summed E-state index contributed by atoms with van der Waals surface area (Å²) in [5, 5.41) is 5.13. The maximum Gasteiger partial charge on any atom is 0.407 e. The van der Waals surface area contributed by atoms with Gasteiger partial charge in [-0.3, -0.25) is 14.4 Å². The van der Waals surface area contributed by atoms with Gasteiger partial charge in [-0.2, -0.15) is 0 Å². The highest BCUT2D eigenvalue weighted by Crippen LogP contribution is 2.35. The fourth-order valence-electron chi connectivity index (χ4n) is 8.10. The molecule has 3 aliphatic rings. The third-order valence-electron chi connectivity index (χ3n) is 11.3. The molecule has 2 aromatic carbocycles. The topological polar surface area (TPSA) is 187 Å². The Bertz CT molecular complexity index is 1860. The molecule has 0 radical (unpaired) electrons. The molecule has 1 aliphatic carbocycles. The maximum atomic E-state index is 13.4. The molecule has 2 N–H and O–H groups in total. The molecule has 58 heavy (non-hydrogen) atoms. The van der Waals surface area contributed by atoms with Crippen LogP contribution >= 0.6 is 0 Å². The van der Waals surface area contributed by atoms with Gasteiger partial charge in [-0.05, 0) is 84.6 Å². The number of carbonyl (C=O) groups is 7. The van der Waals surface area contributed by atoms with Crippen LogP contribution in [0.3, 0.4) is 0 Å². The lowest BCUT2D eigenvalue weighted by Crippen LogP contribution is -2.54. The Balaban J connectivity index is 1.15. The number of nitrogens with one attached hydrogen (secondary N) is 2. The first-order valence-corrected chi connectivity index (χ1v) is 20.2. The fraction of sp³-hybridized carbons (Fsp3) is 0.558. The number of benzene rings is 2. The zero-order valence-electron chi connectivity index (χ0n) is 34.3. The Morgan fingerprint density at radius 2 is 1.19 bits per heavy atom. The molecule has 0 aromatic heterocycles. The lowest BCUT2D eigenvalue weighted by atomic mass is 9.92. The average Bonchev–Trinajstić information content (AvgIpc) is 4.02. The van der Waals surface area contributed by atoms with Crippen molar-refractivity contribution >= 4 is 41.7 Å². The van der Waals surface area contributed by atoms with Crippen LogP contribution in [-0.2, 0) is 57.4 Å². The molecule has 4 amide bonds. The molecular formula is C43H56N4O11. The second-order valence-corrected chi connectivity index (χ2v) is 15.7. The number of alkyl carbamates (subject to hydrolysis) is 2. The first-order chi connectivity index (χ1) is 27.7. The van der Waals surface area contributed by atoms with Crippen LogP contribution in [0.15, 0.2) is 36.4 Å². The molecule has 15 heteroatoms. The average molecular weight is 805 g/mol. The normalized spacial score (nSPS) is 18.3. The lowest BCUT2D eigenvalue weighted by molar-refractivity contribution is -0.154. The second-order valence-electron chi connectivity index (χ2n) is 15.7. The first-order valence-electron chi connectivity index (χ1n) is 20.2. The summed E-state index contributed by atoms with van der Waals surface area (Å²) in [7, 11) is 2.45. The Morgan fingerprint density at radius 1 is 0.672 bits per heavy atom. The van der Waals surface area contributed by atoms with Gasteiger partial charge >= 0.3 is 24.1 Å². The van der Waals surface area contributed by atoms with Crippen LogP contribution in [0.5, 0.6) is 0 Å². The van der Waals surface area contributed by atoms with E-state index in [1.165, 1.54) is 35.1 Å². The summed E-state index contributed by atoms with van der Waals surface area (Å²) in [5.41, 5.74) is 5.94. The van der Waals surface area contributed by atoms with Crippen molar-refractivity contribution in [1.82, 2.24) is 20.4 Å². The standard InChI is InChI=1S/C43H56N4O11/c1-25(2)36(44-42(53)55-5)38(49)46-21-8-12-33(46)40(51)57-23-20-28-18-19-31(32-11-7-10-30(28)32)27-14-16-29(17-15-27)35(48)24-58-41(52)34-13-9-22-47(34)39(50)37(26(3)4)45-43(54)56-6/h14-19,25-26,33-34,36-37H,7-13,20-24H2,1-6H3,(H,44,53)(H,45,54). The van der Waals surface area contributed by atoms with Gasteiger partial charge in [0, 0.05) is 25.1 Å². The number of rotatable bonds is 15. The molecular weight excluding hydrogens is 748 g/mol. The number of nitrogens with zero attached hydrogens (tertiary/aromatic N) is 2. The molecule has 4 atom stereocenters. The predicted molar refractivity (Wildman–Crippen MR) is 212 cm³/mol. The molecule has 15 nitrogen and oxygen atoms in total. The summed E-state index contributed by atoms with van der Waals surface area (Å²) < 4.78 is 20.5. The van der Waals surface area contributed by atoms with E-state index in [1.807, 2.05) is 26.0 Å². The second kappa shape index (κ2) is 19.8. The Labute approximate surface area is 339 Å². The van der Waals surface area contributed by atoms with E-state index in [-0.39, 0.29) is 30.1 Å². The molecule has 0 bridgehead atoms. The van der Waals surface area contributed by atoms with E-state index >= 15 is 0 Å². The molecule has 2 fully saturated rings. The van der Waals surface area contributed by atoms with Gasteiger partial charge in [0.1, 0.15) is 24.2 Å². The van der Waals surface area contributed by atoms with Crippen molar-refractivity contribution in [2.75, 3.05) is 40.5 Å². The van der Waals surface area contributed by atoms with Gasteiger partial charge < -0.3 is 39.4 Å². The number of likely N-dealkylation sites (tertiary alicyclic amines) is 2. The Morgan fingerprint density at radius 3 is 1.71 bits per heavy atom. The predicted octanol–water partition coefficient (Wildman–Crippen LogP) is 4.40. The maximum absolute atomic E-state index is 13.4. The van der Waals surface area contributed by atoms with Gasteiger partial charge in [-0.25, -0.2) is 19.2 Å². The molecule has 0 saturated carbocycles. The number of fused-ring (bicyclic) bond motifs is 1. The van der Waals surface area contributed by atoms with E-state index in [1.54, 1.807) is 26.0 Å². The van der Waals surface area contributed by atoms with Crippen molar-refractivity contribution in [3.63, 3.8) is 0 Å². The minimum atomic E-state index is -0.875. The SMILES string of the molecule is COC(=O)NC(C(=O)N1CCCC1C(=O)OCCc1ccc(-c2ccc(C(=O)COC(=O)C3CCCN3C(=O)C(NC(=O)OC)C(C)C)cc2)c2c1CCC2)C(C)C. The molecule has 2 aromatic rings. The van der Waals surface area contributed by atoms with E-state index in [4.69, 9.17) is 9.47 Å². The number of ketones is 1. The van der Waals surface area contributed by atoms with Gasteiger partial charge in [0.25, 0.3) is 0 Å². The number of amides is 4. The summed E-state index contributed by atoms with van der Waals surface area (Å²) in [6.45, 7) is 7.64. The number of ether oxygens (including phenoxy) is 4. The van der Waals surface area contributed by atoms with Crippen LogP contribution in [0.25, 0.3) is 11.1 Å². The molecule has 0 spiro atoms. The number of hydrogen-bond donors (Lipinski definition) is 2. The van der Waals surface area contributed by atoms with Crippen LogP contribution in [0, 0.1) is 11.8 Å². The number of Topliss-reactive ketones (excluding diaryl/α,β-unsaturated/α-hetero) is 1. The van der Waals surface area contributed by atoms with Crippen LogP contribution in [0.4, 0.5) is 9.59 Å². The van der Waals surface area contributed by atoms with Crippen LogP contribution in [0.2, 0.25) is 0 Å². The monoisotopic (exact) mass is 804 g/mol. The summed E-state index contributed by atoms with van der Waals surface area (Å²) in [6.07, 6.45) is 3.99. The third kappa shape index (κ3) is 10.1. The van der Waals surface area contributed by atoms with Crippen molar-refractivity contribution in [2.24, 2.45) is 11.8 Å². The van der Waals surface area contributed by atoms with Crippen molar-refractivity contribution in [3.05, 3.63) is 58.7 Å². The number of esters is 2. The first kappa shape index (κ1) is 43.6. The van der Waals surface area contributed by atoms with Gasteiger partial charge in [0.15, 0.2) is 12.4 Å². The Hall–Kier alpha value is -5.47. The van der Waals surface area contributed by atoms with Crippen LogP contribution in [-0.4, -0.2) is 116 Å². The number of hydrogen-bond acceptors (Lipinski definition) is 11. The third-order valence-corrected chi connectivity index (χ3v) is 11.3. The van der Waals surface area contributed by atoms with Crippen LogP contribution in [0.1, 0.15) is 86.8 Å². The molecule has 5 rings (SSSR count). The Kier molecular flexibility index (Phi) is 14.9. The highest BCUT2D eigenvalue weighted by atomic mass is 16.5. The van der Waals surface area contributed by atoms with Crippen molar-refractivity contribution in [1.29, 1.82) is 0 Å². The minimum Gasteiger partial charge on any atom is -0.464 e. The smallest absolute Gasteiger partial charge is 0.407 e. The molecule has 2 saturated heterocycles. The zero-order valence-corrected chi connectivity index (χ0v) is 34.3. The molecule has 314 valence electrons. The van der Waals surface area contributed by atoms with Gasteiger partial charge in [0.2, 0.25) is 11.8 Å². The van der Waals surface area contributed by atoms with Gasteiger partial charge in [0.05, 0.1) is 20.8 Å². The molecule has 4 unspecified atom stereocenters. The van der Waals surface area contributed by atoms with Crippen molar-refractivity contribution < 1.29 is 52.5 Å². The number of methoxy groups -OCH3 is 2. The molecule has 2 aliphatic heterocycles. The van der Waals surface area contributed by atoms with Crippen LogP contribution < -0.4 is 10.6 Å². The number of carbonyl (C=O) groups excluding carboxylic acids is 7. The minimum absolute atomic E-state index is 0.165. The lowest BCUT2D eigenvalue weighted by Gasteiger charge is -2.29. The highest BCUT2D eigenvalue weighted by molar-refractivity contribution is 5.99. The van der Waals surface area contributed by atoms with E-state index in [2.05, 4.69) is 32.2 Å². The highest BCUT2D eigenvalue weighted by Gasteiger charge is 2.41. The quantitative estimate of drug-likeness (QED) is 0.148. The van der Waals surface area contributed by atoms with E-state index in [9.17, 15) is 33.6 Å². The van der Waals surface area contributed by atoms with E-state index in [0.717, 1.165) is 36.0 Å². The summed E-state index contributed by atoms with van der Waals surface area (Å²) in [5.74, 6) is -2.68. The fourth-order valence-corrected chi connectivity index (χ4v) is 8.10. The van der Waals surface area contributed by atoms with E-state index < -0.39 is 60.8 Å². The van der Waals surface area contributed by atoms with Crippen molar-refractivity contribution in [3.8, 4) is 11.1 Å². The summed E-state index contributed by atoms with van der Waals surface area (Å²) >= 11 is 0. The van der Waals surface area contributed by atoms with Gasteiger partial charge in [-0.1, -0.05) is 64.1 Å². The summed E-state index contributed by atoms with van der Waals surface area (Å²) in [4.78, 5) is 92.7.